The number of carbonyl (C=O) groups excluding carboxylic acids is 6. The van der Waals surface area contributed by atoms with Crippen LogP contribution in [0.3, 0.4) is 0 Å². The van der Waals surface area contributed by atoms with Crippen molar-refractivity contribution in [3.63, 3.8) is 0 Å². The molecule has 2 rings (SSSR count). The van der Waals surface area contributed by atoms with Crippen molar-refractivity contribution < 1.29 is 67.9 Å². The van der Waals surface area contributed by atoms with Crippen LogP contribution < -0.4 is 21.3 Å². The van der Waals surface area contributed by atoms with Gasteiger partial charge in [0.05, 0.1) is 51.2 Å². The van der Waals surface area contributed by atoms with Crippen LogP contribution >= 0.6 is 0 Å². The highest BCUT2D eigenvalue weighted by Crippen LogP contribution is 2.33. The van der Waals surface area contributed by atoms with Gasteiger partial charge in [0.2, 0.25) is 29.5 Å². The third-order valence-corrected chi connectivity index (χ3v) is 11.7. The van der Waals surface area contributed by atoms with Crippen LogP contribution in [0.5, 0.6) is 0 Å². The molecule has 1 fully saturated rings. The first kappa shape index (κ1) is 59.7. The highest BCUT2D eigenvalue weighted by atomic mass is 16.6. The third-order valence-electron chi connectivity index (χ3n) is 11.7. The number of hydrogen-bond acceptors (Lipinski definition) is 15. The predicted octanol–water partition coefficient (Wildman–Crippen LogP) is -1.44. The van der Waals surface area contributed by atoms with E-state index in [4.69, 9.17) is 14.6 Å². The van der Waals surface area contributed by atoms with Crippen molar-refractivity contribution in [2.45, 2.75) is 71.3 Å². The fourth-order valence-corrected chi connectivity index (χ4v) is 7.64. The van der Waals surface area contributed by atoms with Gasteiger partial charge in [-0.1, -0.05) is 19.9 Å². The Morgan fingerprint density at radius 2 is 1.09 bits per heavy atom. The number of nitrogens with zero attached hydrogens (tertiary/aromatic N) is 6. The maximum absolute atomic E-state index is 13.6. The maximum Gasteiger partial charge on any atom is 0.410 e. The quantitative estimate of drug-likeness (QED) is 0.0366. The van der Waals surface area contributed by atoms with E-state index >= 15 is 0 Å². The van der Waals surface area contributed by atoms with Crippen molar-refractivity contribution in [2.24, 2.45) is 5.41 Å². The van der Waals surface area contributed by atoms with Crippen LogP contribution in [-0.2, 0) is 47.8 Å². The summed E-state index contributed by atoms with van der Waals surface area (Å²) in [7, 11) is 3.01. The SMILES string of the molecule is CCN1CCN(CC(=O)O)CCN(CC(=O)NCCCNC(=O)CN(C)C(=O)C2(C)C/C=C/C(OC(=O)N(C)CC(=O)NCCCNC(=O)CCOCCC(=O)O)CCC2)CCN(CC(=O)O)CC1. The highest BCUT2D eigenvalue weighted by Gasteiger charge is 2.36. The van der Waals surface area contributed by atoms with Gasteiger partial charge in [0.1, 0.15) is 12.6 Å². The Kier molecular flexibility index (Phi) is 28.7. The number of ether oxygens (including phenoxy) is 2. The molecule has 392 valence electrons. The van der Waals surface area contributed by atoms with E-state index in [9.17, 15) is 53.4 Å². The molecule has 1 aliphatic heterocycles. The normalized spacial score (nSPS) is 19.5. The van der Waals surface area contributed by atoms with Gasteiger partial charge in [-0.2, -0.15) is 0 Å². The summed E-state index contributed by atoms with van der Waals surface area (Å²) < 4.78 is 10.7. The predicted molar refractivity (Wildman–Crippen MR) is 252 cm³/mol. The summed E-state index contributed by atoms with van der Waals surface area (Å²) in [5.74, 6) is -4.33. The van der Waals surface area contributed by atoms with E-state index in [2.05, 4.69) is 26.2 Å². The summed E-state index contributed by atoms with van der Waals surface area (Å²) in [6.45, 7) is 9.21. The molecule has 2 atom stereocenters. The van der Waals surface area contributed by atoms with Gasteiger partial charge >= 0.3 is 24.0 Å². The number of likely N-dealkylation sites (N-methyl/N-ethyl adjacent to an activating group) is 3. The van der Waals surface area contributed by atoms with Gasteiger partial charge in [0.15, 0.2) is 0 Å². The van der Waals surface area contributed by atoms with Gasteiger partial charge in [0.25, 0.3) is 0 Å². The summed E-state index contributed by atoms with van der Waals surface area (Å²) >= 11 is 0. The molecule has 0 spiro atoms. The standard InChI is InChI=1S/C45H78N10O14/c1-5-52-20-22-54(33-41(62)63)26-24-53(25-27-55(23-21-52)34-42(64)65)32-39(59)49-19-9-18-47-37(57)30-50(3)43(66)45(2)14-6-10-35(11-7-15-45)69-44(67)51(4)31-38(58)48-17-8-16-46-36(56)12-28-68-29-13-40(60)61/h6,10,35H,5,7-9,11-34H2,1-4H3,(H,46,56)(H,47,57)(H,48,58)(H,49,59)(H,60,61)(H,62,63)(H,64,65)/b10-6+. The lowest BCUT2D eigenvalue weighted by Gasteiger charge is -2.33. The van der Waals surface area contributed by atoms with E-state index in [1.165, 1.54) is 11.9 Å². The van der Waals surface area contributed by atoms with Crippen molar-refractivity contribution in [1.29, 1.82) is 0 Å². The number of rotatable bonds is 27. The monoisotopic (exact) mass is 983 g/mol. The van der Waals surface area contributed by atoms with E-state index in [0.29, 0.717) is 97.4 Å². The zero-order valence-corrected chi connectivity index (χ0v) is 41.0. The smallest absolute Gasteiger partial charge is 0.410 e. The van der Waals surface area contributed by atoms with E-state index in [1.807, 2.05) is 28.5 Å². The van der Waals surface area contributed by atoms with Crippen LogP contribution in [0.25, 0.3) is 0 Å². The summed E-state index contributed by atoms with van der Waals surface area (Å²) in [6.07, 6.45) is 4.92. The molecular formula is C45H78N10O14. The summed E-state index contributed by atoms with van der Waals surface area (Å²) in [5, 5.41) is 38.5. The minimum atomic E-state index is -0.978. The second-order valence-corrected chi connectivity index (χ2v) is 17.7. The lowest BCUT2D eigenvalue weighted by atomic mass is 9.78. The Labute approximate surface area is 405 Å². The third kappa shape index (κ3) is 26.8. The van der Waals surface area contributed by atoms with Gasteiger partial charge in [-0.3, -0.25) is 53.1 Å². The lowest BCUT2D eigenvalue weighted by Crippen LogP contribution is -2.49. The van der Waals surface area contributed by atoms with E-state index < -0.39 is 41.4 Å². The van der Waals surface area contributed by atoms with Gasteiger partial charge in [-0.05, 0) is 51.1 Å². The van der Waals surface area contributed by atoms with Crippen LogP contribution in [0, 0.1) is 5.41 Å². The number of hydrogen-bond donors (Lipinski definition) is 7. The first-order valence-electron chi connectivity index (χ1n) is 23.8. The van der Waals surface area contributed by atoms with Crippen LogP contribution in [0.2, 0.25) is 0 Å². The van der Waals surface area contributed by atoms with Gasteiger partial charge in [-0.25, -0.2) is 4.79 Å². The molecule has 6 amide bonds. The van der Waals surface area contributed by atoms with Crippen molar-refractivity contribution in [3.8, 4) is 0 Å². The first-order valence-corrected chi connectivity index (χ1v) is 23.8. The number of nitrogens with one attached hydrogen (secondary N) is 4. The average molecular weight is 983 g/mol. The number of allylic oxidation sites excluding steroid dienone is 1. The molecule has 0 radical (unpaired) electrons. The average Bonchev–Trinajstić information content (AvgIpc) is 3.27. The van der Waals surface area contributed by atoms with Gasteiger partial charge in [0, 0.05) is 99.1 Å². The molecule has 2 unspecified atom stereocenters. The van der Waals surface area contributed by atoms with Crippen molar-refractivity contribution >= 4 is 53.5 Å². The molecule has 0 aromatic heterocycles. The van der Waals surface area contributed by atoms with Crippen LogP contribution in [0.1, 0.15) is 65.2 Å². The van der Waals surface area contributed by atoms with Crippen molar-refractivity contribution in [3.05, 3.63) is 12.2 Å². The maximum atomic E-state index is 13.6. The Morgan fingerprint density at radius 1 is 0.623 bits per heavy atom. The zero-order valence-electron chi connectivity index (χ0n) is 41.0. The second kappa shape index (κ2) is 33.2. The summed E-state index contributed by atoms with van der Waals surface area (Å²) in [4.78, 5) is 120. The Morgan fingerprint density at radius 3 is 1.59 bits per heavy atom. The molecule has 0 saturated carbocycles. The number of amides is 6. The molecule has 1 aliphatic carbocycles. The number of carboxylic acid groups (broad SMARTS) is 3. The van der Waals surface area contributed by atoms with Crippen LogP contribution in [0.15, 0.2) is 12.2 Å². The molecule has 1 heterocycles. The molecule has 2 aliphatic rings. The number of carbonyl (C=O) groups is 9. The topological polar surface area (TPSA) is 300 Å². The van der Waals surface area contributed by atoms with Crippen LogP contribution in [0.4, 0.5) is 4.79 Å². The highest BCUT2D eigenvalue weighted by molar-refractivity contribution is 5.88. The van der Waals surface area contributed by atoms with Crippen molar-refractivity contribution in [1.82, 2.24) is 50.7 Å². The van der Waals surface area contributed by atoms with Crippen molar-refractivity contribution in [2.75, 3.05) is 145 Å². The van der Waals surface area contributed by atoms with Gasteiger partial charge < -0.3 is 60.8 Å². The summed E-state index contributed by atoms with van der Waals surface area (Å²) in [6, 6.07) is 0. The Hall–Kier alpha value is -5.43. The first-order chi connectivity index (χ1) is 32.8. The Bertz CT molecular complexity index is 1670. The molecule has 24 heteroatoms. The van der Waals surface area contributed by atoms with E-state index in [1.54, 1.807) is 19.2 Å². The fourth-order valence-electron chi connectivity index (χ4n) is 7.64. The minimum Gasteiger partial charge on any atom is -0.481 e. The molecule has 1 saturated heterocycles. The van der Waals surface area contributed by atoms with Gasteiger partial charge in [-0.15, -0.1) is 0 Å². The van der Waals surface area contributed by atoms with E-state index in [0.717, 1.165) is 11.4 Å². The molecule has 69 heavy (non-hydrogen) atoms. The molecular weight excluding hydrogens is 905 g/mol. The second-order valence-electron chi connectivity index (χ2n) is 17.7. The van der Waals surface area contributed by atoms with E-state index in [-0.39, 0.29) is 102 Å². The molecule has 0 aromatic carbocycles. The largest absolute Gasteiger partial charge is 0.481 e. The number of carboxylic acids is 3. The molecule has 0 bridgehead atoms. The molecule has 24 nitrogen and oxygen atoms in total. The fraction of sp³-hybridized carbons (Fsp3) is 0.756. The summed E-state index contributed by atoms with van der Waals surface area (Å²) in [5.41, 5.74) is -0.803. The number of aliphatic carboxylic acids is 3. The zero-order chi connectivity index (χ0) is 51.2. The van der Waals surface area contributed by atoms with Crippen LogP contribution in [-0.4, -0.2) is 249 Å². The minimum absolute atomic E-state index is 0.0293. The molecule has 0 aromatic rings. The Balaban J connectivity index is 1.72. The molecule has 7 N–H and O–H groups in total. The lowest BCUT2D eigenvalue weighted by molar-refractivity contribution is -0.143.